The van der Waals surface area contributed by atoms with Crippen LogP contribution in [0.2, 0.25) is 0 Å². The Morgan fingerprint density at radius 2 is 1.78 bits per heavy atom. The summed E-state index contributed by atoms with van der Waals surface area (Å²) in [4.78, 5) is 8.46. The zero-order chi connectivity index (χ0) is 13.1. The summed E-state index contributed by atoms with van der Waals surface area (Å²) in [6, 6.07) is 4.19. The molecule has 18 heavy (non-hydrogen) atoms. The maximum atomic E-state index is 5.47. The Labute approximate surface area is 107 Å². The highest BCUT2D eigenvalue weighted by Gasteiger charge is 2.10. The SMILES string of the molecule is CNc1ncc(-c2cc(C)cc(C)c2OC)cn1. The van der Waals surface area contributed by atoms with E-state index in [4.69, 9.17) is 4.74 Å². The molecule has 0 fully saturated rings. The number of nitrogens with zero attached hydrogens (tertiary/aromatic N) is 2. The predicted molar refractivity (Wildman–Crippen MR) is 73.0 cm³/mol. The van der Waals surface area contributed by atoms with E-state index >= 15 is 0 Å². The first-order valence-electron chi connectivity index (χ1n) is 5.81. The largest absolute Gasteiger partial charge is 0.496 e. The summed E-state index contributed by atoms with van der Waals surface area (Å²) in [6.45, 7) is 4.11. The van der Waals surface area contributed by atoms with Gasteiger partial charge in [-0.3, -0.25) is 0 Å². The van der Waals surface area contributed by atoms with E-state index in [1.807, 2.05) is 6.92 Å². The Kier molecular flexibility index (Phi) is 3.46. The number of aromatic nitrogens is 2. The van der Waals surface area contributed by atoms with Crippen LogP contribution in [-0.4, -0.2) is 24.1 Å². The average Bonchev–Trinajstić information content (AvgIpc) is 2.38. The molecule has 0 spiro atoms. The molecule has 0 aliphatic heterocycles. The van der Waals surface area contributed by atoms with Gasteiger partial charge in [-0.2, -0.15) is 0 Å². The molecule has 0 radical (unpaired) electrons. The van der Waals surface area contributed by atoms with Gasteiger partial charge in [-0.25, -0.2) is 9.97 Å². The summed E-state index contributed by atoms with van der Waals surface area (Å²) in [5.41, 5.74) is 4.29. The molecule has 0 amide bonds. The van der Waals surface area contributed by atoms with Crippen molar-refractivity contribution in [1.29, 1.82) is 0 Å². The number of hydrogen-bond donors (Lipinski definition) is 1. The van der Waals surface area contributed by atoms with Gasteiger partial charge in [0.05, 0.1) is 7.11 Å². The molecule has 1 heterocycles. The van der Waals surface area contributed by atoms with E-state index in [-0.39, 0.29) is 0 Å². The van der Waals surface area contributed by atoms with Crippen LogP contribution in [0, 0.1) is 13.8 Å². The first-order valence-corrected chi connectivity index (χ1v) is 5.81. The van der Waals surface area contributed by atoms with Gasteiger partial charge in [0.25, 0.3) is 0 Å². The van der Waals surface area contributed by atoms with Crippen LogP contribution in [-0.2, 0) is 0 Å². The first-order chi connectivity index (χ1) is 8.65. The molecular weight excluding hydrogens is 226 g/mol. The minimum Gasteiger partial charge on any atom is -0.496 e. The van der Waals surface area contributed by atoms with E-state index in [1.165, 1.54) is 5.56 Å². The topological polar surface area (TPSA) is 47.0 Å². The van der Waals surface area contributed by atoms with E-state index in [0.717, 1.165) is 22.4 Å². The molecule has 2 rings (SSSR count). The van der Waals surface area contributed by atoms with Crippen molar-refractivity contribution >= 4 is 5.95 Å². The van der Waals surface area contributed by atoms with Crippen LogP contribution in [0.1, 0.15) is 11.1 Å². The van der Waals surface area contributed by atoms with E-state index < -0.39 is 0 Å². The molecule has 4 nitrogen and oxygen atoms in total. The predicted octanol–water partition coefficient (Wildman–Crippen LogP) is 2.81. The van der Waals surface area contributed by atoms with Crippen LogP contribution in [0.5, 0.6) is 5.75 Å². The summed E-state index contributed by atoms with van der Waals surface area (Å²) < 4.78 is 5.47. The molecule has 1 aromatic carbocycles. The molecule has 0 unspecified atom stereocenters. The average molecular weight is 243 g/mol. The van der Waals surface area contributed by atoms with Gasteiger partial charge < -0.3 is 10.1 Å². The Morgan fingerprint density at radius 3 is 2.33 bits per heavy atom. The highest BCUT2D eigenvalue weighted by atomic mass is 16.5. The molecule has 1 aromatic heterocycles. The smallest absolute Gasteiger partial charge is 0.222 e. The van der Waals surface area contributed by atoms with Gasteiger partial charge in [0, 0.05) is 30.6 Å². The zero-order valence-corrected chi connectivity index (χ0v) is 11.1. The number of nitrogens with one attached hydrogen (secondary N) is 1. The minimum absolute atomic E-state index is 0.613. The molecule has 0 saturated carbocycles. The van der Waals surface area contributed by atoms with Crippen molar-refractivity contribution in [3.05, 3.63) is 35.7 Å². The third-order valence-electron chi connectivity index (χ3n) is 2.81. The van der Waals surface area contributed by atoms with Crippen LogP contribution in [0.15, 0.2) is 24.5 Å². The molecule has 4 heteroatoms. The van der Waals surface area contributed by atoms with Gasteiger partial charge in [0.15, 0.2) is 0 Å². The van der Waals surface area contributed by atoms with Crippen molar-refractivity contribution in [1.82, 2.24) is 9.97 Å². The first kappa shape index (κ1) is 12.4. The zero-order valence-electron chi connectivity index (χ0n) is 11.1. The van der Waals surface area contributed by atoms with Gasteiger partial charge in [-0.15, -0.1) is 0 Å². The number of aryl methyl sites for hydroxylation is 2. The van der Waals surface area contributed by atoms with E-state index in [0.29, 0.717) is 5.95 Å². The highest BCUT2D eigenvalue weighted by Crippen LogP contribution is 2.33. The number of methoxy groups -OCH3 is 1. The maximum Gasteiger partial charge on any atom is 0.222 e. The number of ether oxygens (including phenoxy) is 1. The summed E-state index contributed by atoms with van der Waals surface area (Å²) in [6.07, 6.45) is 3.60. The normalized spacial score (nSPS) is 10.2. The number of hydrogen-bond acceptors (Lipinski definition) is 4. The second-order valence-corrected chi connectivity index (χ2v) is 4.21. The van der Waals surface area contributed by atoms with Crippen LogP contribution >= 0.6 is 0 Å². The van der Waals surface area contributed by atoms with Crippen molar-refractivity contribution in [2.24, 2.45) is 0 Å². The van der Waals surface area contributed by atoms with E-state index in [9.17, 15) is 0 Å². The van der Waals surface area contributed by atoms with Crippen LogP contribution in [0.3, 0.4) is 0 Å². The fourth-order valence-corrected chi connectivity index (χ4v) is 2.04. The van der Waals surface area contributed by atoms with E-state index in [1.54, 1.807) is 26.6 Å². The lowest BCUT2D eigenvalue weighted by Crippen LogP contribution is -1.97. The van der Waals surface area contributed by atoms with E-state index in [2.05, 4.69) is 34.3 Å². The quantitative estimate of drug-likeness (QED) is 0.900. The monoisotopic (exact) mass is 243 g/mol. The molecule has 0 atom stereocenters. The van der Waals surface area contributed by atoms with Crippen molar-refractivity contribution in [3.8, 4) is 16.9 Å². The number of anilines is 1. The molecule has 0 aliphatic carbocycles. The van der Waals surface area contributed by atoms with Crippen LogP contribution in [0.4, 0.5) is 5.95 Å². The van der Waals surface area contributed by atoms with Gasteiger partial charge in [-0.1, -0.05) is 6.07 Å². The molecular formula is C14H17N3O. The van der Waals surface area contributed by atoms with Crippen LogP contribution < -0.4 is 10.1 Å². The second-order valence-electron chi connectivity index (χ2n) is 4.21. The Hall–Kier alpha value is -2.10. The summed E-state index contributed by atoms with van der Waals surface area (Å²) >= 11 is 0. The van der Waals surface area contributed by atoms with Crippen molar-refractivity contribution in [3.63, 3.8) is 0 Å². The lowest BCUT2D eigenvalue weighted by Gasteiger charge is -2.12. The number of benzene rings is 1. The van der Waals surface area contributed by atoms with Gasteiger partial charge in [0.1, 0.15) is 5.75 Å². The summed E-state index contributed by atoms with van der Waals surface area (Å²) in [5, 5.41) is 2.90. The third kappa shape index (κ3) is 2.27. The third-order valence-corrected chi connectivity index (χ3v) is 2.81. The van der Waals surface area contributed by atoms with Gasteiger partial charge >= 0.3 is 0 Å². The summed E-state index contributed by atoms with van der Waals surface area (Å²) in [7, 11) is 3.48. The molecule has 1 N–H and O–H groups in total. The molecule has 0 aliphatic rings. The lowest BCUT2D eigenvalue weighted by atomic mass is 10.0. The molecule has 0 saturated heterocycles. The Morgan fingerprint density at radius 1 is 1.11 bits per heavy atom. The minimum atomic E-state index is 0.613. The van der Waals surface area contributed by atoms with Gasteiger partial charge in [0.2, 0.25) is 5.95 Å². The fourth-order valence-electron chi connectivity index (χ4n) is 2.04. The van der Waals surface area contributed by atoms with Crippen LogP contribution in [0.25, 0.3) is 11.1 Å². The Balaban J connectivity index is 2.54. The standard InChI is InChI=1S/C14H17N3O/c1-9-5-10(2)13(18-4)12(6-9)11-7-16-14(15-3)17-8-11/h5-8H,1-4H3,(H,15,16,17). The lowest BCUT2D eigenvalue weighted by molar-refractivity contribution is 0.413. The van der Waals surface area contributed by atoms with Crippen molar-refractivity contribution < 1.29 is 4.74 Å². The molecule has 94 valence electrons. The van der Waals surface area contributed by atoms with Crippen molar-refractivity contribution in [2.45, 2.75) is 13.8 Å². The Bertz CT molecular complexity index is 550. The van der Waals surface area contributed by atoms with Gasteiger partial charge in [-0.05, 0) is 31.0 Å². The van der Waals surface area contributed by atoms with Crippen molar-refractivity contribution in [2.75, 3.05) is 19.5 Å². The molecule has 2 aromatic rings. The number of rotatable bonds is 3. The second kappa shape index (κ2) is 5.04. The summed E-state index contributed by atoms with van der Waals surface area (Å²) in [5.74, 6) is 1.49. The molecule has 0 bridgehead atoms. The maximum absolute atomic E-state index is 5.47. The highest BCUT2D eigenvalue weighted by molar-refractivity contribution is 5.72. The fraction of sp³-hybridized carbons (Fsp3) is 0.286.